The van der Waals surface area contributed by atoms with Crippen molar-refractivity contribution in [3.05, 3.63) is 438 Å². The molecule has 570 valence electrons. The second kappa shape index (κ2) is 35.1. The van der Waals surface area contributed by atoms with Gasteiger partial charge < -0.3 is 26.4 Å². The molecule has 0 amide bonds. The number of hydrogen-bond acceptors (Lipinski definition) is 5. The molecule has 4 aliphatic heterocycles. The standard InChI is InChI=1S/C49H39NO.C21H27N.C19H23N.C17H17F2N/c1-48(36-20-6-2-7-21-36,37-22-8-3-9-23-37)44-30-34-18-14-16-28-40(34)46-42(44)32-50-33-43-45(31-35-19-15-17-29-41(35)47(43)46)49(51,38-24-10-4-11-25-38)39-26-12-5-13-27-39;1-14-8-15(2)11-18(10-14)21(20-6-5-7-22-20)19-12-16(3)9-17(4)13-19;1-14-5-9-16(10-6-14)19(18-4-3-13-20-18)17-11-7-15(2)8-12-17;18-14-7-3-12(4-8-14)17(16-2-1-11-20-16)13-5-9-15(19)10-6-13/h2-31,50-51H,32-33H2,1H3;8-13,20-22H,5-7H2,1-4H3;5-12,18-20H,3-4,13H2,1-2H3;3-10,16-17,20H,1-2,11H2/t;20-;18-;16-/m.111/s1. The monoisotopic (exact) mass is 1490 g/mol. The first-order chi connectivity index (χ1) is 55.1. The van der Waals surface area contributed by atoms with Crippen LogP contribution in [0.5, 0.6) is 0 Å². The lowest BCUT2D eigenvalue weighted by atomic mass is 9.67. The highest BCUT2D eigenvalue weighted by Crippen LogP contribution is 2.52. The van der Waals surface area contributed by atoms with Gasteiger partial charge >= 0.3 is 0 Å². The zero-order valence-electron chi connectivity index (χ0n) is 66.5. The van der Waals surface area contributed by atoms with Gasteiger partial charge in [0.15, 0.2) is 0 Å². The van der Waals surface area contributed by atoms with Crippen LogP contribution in [0.4, 0.5) is 8.78 Å². The van der Waals surface area contributed by atoms with Gasteiger partial charge in [0.25, 0.3) is 0 Å². The van der Waals surface area contributed by atoms with Gasteiger partial charge in [-0.1, -0.05) is 312 Å². The summed E-state index contributed by atoms with van der Waals surface area (Å²) in [5, 5.41) is 32.9. The van der Waals surface area contributed by atoms with Crippen molar-refractivity contribution in [3.8, 4) is 11.1 Å². The van der Waals surface area contributed by atoms with Crippen molar-refractivity contribution in [2.24, 2.45) is 0 Å². The molecule has 7 heteroatoms. The third kappa shape index (κ3) is 17.0. The van der Waals surface area contributed by atoms with Crippen molar-refractivity contribution in [3.63, 3.8) is 0 Å². The highest BCUT2D eigenvalue weighted by Gasteiger charge is 2.41. The minimum atomic E-state index is -1.39. The fourth-order valence-corrected chi connectivity index (χ4v) is 18.9. The molecule has 0 bridgehead atoms. The summed E-state index contributed by atoms with van der Waals surface area (Å²) in [6.07, 6.45) is 7.34. The minimum Gasteiger partial charge on any atom is -0.376 e. The molecule has 0 saturated carbocycles. The lowest BCUT2D eigenvalue weighted by Gasteiger charge is -2.35. The number of aryl methyl sites for hydroxylation is 6. The summed E-state index contributed by atoms with van der Waals surface area (Å²) in [6.45, 7) is 20.1. The normalized spacial score (nSPS) is 16.0. The van der Waals surface area contributed by atoms with Gasteiger partial charge in [-0.25, -0.2) is 8.78 Å². The second-order valence-corrected chi connectivity index (χ2v) is 32.2. The first kappa shape index (κ1) is 77.6. The molecular formula is C106H106F2N4O. The Labute approximate surface area is 668 Å². The number of benzene rings is 14. The van der Waals surface area contributed by atoms with Crippen molar-refractivity contribution in [2.45, 2.75) is 147 Å². The van der Waals surface area contributed by atoms with Crippen LogP contribution in [0, 0.1) is 53.2 Å². The van der Waals surface area contributed by atoms with E-state index in [9.17, 15) is 13.9 Å². The summed E-state index contributed by atoms with van der Waals surface area (Å²) in [5.41, 5.74) is 25.4. The molecule has 5 nitrogen and oxygen atoms in total. The molecule has 0 unspecified atom stereocenters. The van der Waals surface area contributed by atoms with Crippen LogP contribution in [0.1, 0.15) is 174 Å². The molecule has 0 radical (unpaired) electrons. The van der Waals surface area contributed by atoms with Gasteiger partial charge in [0.1, 0.15) is 17.2 Å². The third-order valence-corrected chi connectivity index (χ3v) is 24.2. The fourth-order valence-electron chi connectivity index (χ4n) is 18.9. The molecule has 0 spiro atoms. The maximum atomic E-state index is 13.3. The van der Waals surface area contributed by atoms with Crippen LogP contribution in [-0.2, 0) is 24.1 Å². The van der Waals surface area contributed by atoms with Crippen LogP contribution in [0.2, 0.25) is 0 Å². The predicted octanol–water partition coefficient (Wildman–Crippen LogP) is 23.7. The molecule has 14 aromatic rings. The summed E-state index contributed by atoms with van der Waals surface area (Å²) >= 11 is 0. The van der Waals surface area contributed by atoms with Gasteiger partial charge in [0.05, 0.1) is 0 Å². The number of fused-ring (bicyclic) bond motifs is 7. The maximum absolute atomic E-state index is 13.3. The lowest BCUT2D eigenvalue weighted by molar-refractivity contribution is 0.125. The van der Waals surface area contributed by atoms with E-state index in [1.165, 1.54) is 155 Å². The zero-order chi connectivity index (χ0) is 78.0. The number of halogens is 2. The van der Waals surface area contributed by atoms with Crippen LogP contribution in [-0.4, -0.2) is 42.9 Å². The SMILES string of the molecule is CC(c1ccccc1)(c1ccccc1)c1cc2ccccc2c2c1CNCc1c(C(O)(c3ccccc3)c3ccccc3)cc3ccccc3c1-2.Cc1cc(C)cc(C(c2cc(C)cc(C)c2)[C@H]2CCCN2)c1.Cc1ccc(C(c2ccc(C)cc2)[C@H]2CCCN2)cc1.Fc1ccc(C(c2ccc(F)cc2)[C@H]2CCCN2)cc1. The third-order valence-electron chi connectivity index (χ3n) is 24.2. The largest absolute Gasteiger partial charge is 0.376 e. The molecule has 18 rings (SSSR count). The first-order valence-corrected chi connectivity index (χ1v) is 40.9. The molecular weight excluding hydrogens is 1380 g/mol. The van der Waals surface area contributed by atoms with E-state index in [4.69, 9.17) is 0 Å². The van der Waals surface area contributed by atoms with Crippen molar-refractivity contribution in [1.29, 1.82) is 0 Å². The number of aliphatic hydroxyl groups is 1. The Kier molecular flexibility index (Phi) is 24.1. The Morgan fingerprint density at radius 3 is 0.965 bits per heavy atom. The molecule has 4 heterocycles. The van der Waals surface area contributed by atoms with Crippen LogP contribution >= 0.6 is 0 Å². The maximum Gasteiger partial charge on any atom is 0.140 e. The summed E-state index contributed by atoms with van der Waals surface area (Å²) in [5.74, 6) is 0.606. The summed E-state index contributed by atoms with van der Waals surface area (Å²) < 4.78 is 26.2. The molecule has 3 fully saturated rings. The Morgan fingerprint density at radius 1 is 0.319 bits per heavy atom. The smallest absolute Gasteiger partial charge is 0.140 e. The van der Waals surface area contributed by atoms with E-state index in [0.717, 1.165) is 71.2 Å². The molecule has 0 aromatic heterocycles. The van der Waals surface area contributed by atoms with E-state index in [0.29, 0.717) is 43.1 Å². The Hall–Kier alpha value is -10.7. The van der Waals surface area contributed by atoms with Gasteiger partial charge in [-0.05, 0) is 254 Å². The molecule has 4 aliphatic rings. The first-order valence-electron chi connectivity index (χ1n) is 40.9. The highest BCUT2D eigenvalue weighted by atomic mass is 19.1. The molecule has 0 aliphatic carbocycles. The van der Waals surface area contributed by atoms with Crippen molar-refractivity contribution >= 4 is 21.5 Å². The van der Waals surface area contributed by atoms with Crippen LogP contribution < -0.4 is 21.3 Å². The molecule has 14 aromatic carbocycles. The quantitative estimate of drug-likeness (QED) is 0.0662. The summed E-state index contributed by atoms with van der Waals surface area (Å²) in [7, 11) is 0. The topological polar surface area (TPSA) is 68.3 Å². The van der Waals surface area contributed by atoms with E-state index < -0.39 is 11.0 Å². The Balaban J connectivity index is 0.000000134. The van der Waals surface area contributed by atoms with Crippen molar-refractivity contribution < 1.29 is 13.9 Å². The van der Waals surface area contributed by atoms with Crippen molar-refractivity contribution in [2.75, 3.05) is 19.6 Å². The fraction of sp³-hybridized carbons (Fsp3) is 0.245. The predicted molar refractivity (Wildman–Crippen MR) is 466 cm³/mol. The molecule has 5 N–H and O–H groups in total. The second-order valence-electron chi connectivity index (χ2n) is 32.2. The number of hydrogen-bond donors (Lipinski definition) is 5. The van der Waals surface area contributed by atoms with Gasteiger partial charge in [0, 0.05) is 54.4 Å². The van der Waals surface area contributed by atoms with Crippen LogP contribution in [0.25, 0.3) is 32.7 Å². The molecule has 3 atom stereocenters. The minimum absolute atomic E-state index is 0.138. The Morgan fingerprint density at radius 2 is 0.619 bits per heavy atom. The van der Waals surface area contributed by atoms with Crippen LogP contribution in [0.15, 0.2) is 315 Å². The van der Waals surface area contributed by atoms with E-state index >= 15 is 0 Å². The number of rotatable bonds is 15. The lowest BCUT2D eigenvalue weighted by Crippen LogP contribution is -2.31. The highest BCUT2D eigenvalue weighted by molar-refractivity contribution is 6.09. The van der Waals surface area contributed by atoms with Gasteiger partial charge in [-0.15, -0.1) is 0 Å². The average Bonchev–Trinajstić information content (AvgIpc) is 1.65. The van der Waals surface area contributed by atoms with Crippen LogP contribution in [0.3, 0.4) is 0 Å². The molecule has 3 saturated heterocycles. The summed E-state index contributed by atoms with van der Waals surface area (Å²) in [6, 6.07) is 111. The molecule has 113 heavy (non-hydrogen) atoms. The van der Waals surface area contributed by atoms with Gasteiger partial charge in [0.2, 0.25) is 0 Å². The van der Waals surface area contributed by atoms with Gasteiger partial charge in [-0.2, -0.15) is 0 Å². The average molecular weight is 1490 g/mol. The summed E-state index contributed by atoms with van der Waals surface area (Å²) in [4.78, 5) is 0. The number of nitrogens with one attached hydrogen (secondary N) is 4. The van der Waals surface area contributed by atoms with E-state index in [-0.39, 0.29) is 17.6 Å². The van der Waals surface area contributed by atoms with Gasteiger partial charge in [-0.3, -0.25) is 0 Å². The Bertz CT molecular complexity index is 4950. The van der Waals surface area contributed by atoms with E-state index in [2.05, 4.69) is 276 Å². The van der Waals surface area contributed by atoms with E-state index in [1.807, 2.05) is 84.9 Å². The zero-order valence-corrected chi connectivity index (χ0v) is 66.5. The van der Waals surface area contributed by atoms with Crippen molar-refractivity contribution in [1.82, 2.24) is 21.3 Å². The van der Waals surface area contributed by atoms with E-state index in [1.54, 1.807) is 0 Å².